The largest absolute Gasteiger partial charge is 1.00 e. The minimum absolute atomic E-state index is 0. The van der Waals surface area contributed by atoms with E-state index in [1.165, 1.54) is 0 Å². The zero-order valence-corrected chi connectivity index (χ0v) is 8.92. The summed E-state index contributed by atoms with van der Waals surface area (Å²) in [6.45, 7) is 0. The first kappa shape index (κ1) is 11.5. The first-order valence-corrected chi connectivity index (χ1v) is 3.20. The van der Waals surface area contributed by atoms with Gasteiger partial charge in [-0.05, 0) is 6.07 Å². The van der Waals surface area contributed by atoms with E-state index in [2.05, 4.69) is 0 Å². The zero-order chi connectivity index (χ0) is 7.56. The minimum atomic E-state index is -1.48. The smallest absolute Gasteiger partial charge is 1.00 e. The molecule has 0 aliphatic rings. The molecule has 0 unspecified atom stereocenters. The van der Waals surface area contributed by atoms with E-state index in [4.69, 9.17) is 21.6 Å². The van der Waals surface area contributed by atoms with Gasteiger partial charge in [0.15, 0.2) is 0 Å². The van der Waals surface area contributed by atoms with Gasteiger partial charge in [0.25, 0.3) is 0 Å². The van der Waals surface area contributed by atoms with E-state index in [1.807, 2.05) is 0 Å². The van der Waals surface area contributed by atoms with Crippen LogP contribution < -0.4 is 35.0 Å². The fourth-order valence-corrected chi connectivity index (χ4v) is 0.918. The van der Waals surface area contributed by atoms with Crippen LogP contribution in [0, 0.1) is 0 Å². The molecule has 0 heterocycles. The van der Waals surface area contributed by atoms with Gasteiger partial charge < -0.3 is 11.5 Å². The topological polar surface area (TPSA) is 40.5 Å². The van der Waals surface area contributed by atoms with Crippen molar-refractivity contribution in [1.82, 2.24) is 0 Å². The summed E-state index contributed by atoms with van der Waals surface area (Å²) in [6, 6.07) is 6.60. The van der Waals surface area contributed by atoms with Crippen LogP contribution in [-0.2, 0) is 0 Å². The molecule has 1 aromatic rings. The van der Waals surface area contributed by atoms with Crippen LogP contribution >= 0.6 is 11.6 Å². The standard InChI is InChI=1S/C6H6BClO2.Na.H/c8-6-4-2-1-3-5(6)7(9)10;;/h1-4,9-10H;;/q;+1;-1. The van der Waals surface area contributed by atoms with Crippen LogP contribution in [0.15, 0.2) is 24.3 Å². The Hall–Kier alpha value is 0.495. The normalized spacial score (nSPS) is 8.64. The number of hydrogen-bond acceptors (Lipinski definition) is 2. The van der Waals surface area contributed by atoms with Crippen LogP contribution in [-0.4, -0.2) is 17.2 Å². The van der Waals surface area contributed by atoms with Crippen molar-refractivity contribution < 1.29 is 41.0 Å². The molecule has 0 spiro atoms. The molecule has 0 radical (unpaired) electrons. The maximum absolute atomic E-state index is 8.68. The van der Waals surface area contributed by atoms with E-state index < -0.39 is 7.12 Å². The number of benzene rings is 1. The fourth-order valence-electron chi connectivity index (χ4n) is 0.684. The van der Waals surface area contributed by atoms with E-state index in [0.29, 0.717) is 10.5 Å². The molecular weight excluding hydrogens is 173 g/mol. The predicted molar refractivity (Wildman–Crippen MR) is 42.4 cm³/mol. The fraction of sp³-hybridized carbons (Fsp3) is 0. The predicted octanol–water partition coefficient (Wildman–Crippen LogP) is -2.86. The van der Waals surface area contributed by atoms with Crippen molar-refractivity contribution in [3.63, 3.8) is 0 Å². The molecule has 2 N–H and O–H groups in total. The van der Waals surface area contributed by atoms with Gasteiger partial charge >= 0.3 is 36.7 Å². The summed E-state index contributed by atoms with van der Waals surface area (Å²) in [5, 5.41) is 17.7. The zero-order valence-electron chi connectivity index (χ0n) is 7.16. The Balaban J connectivity index is 0. The Morgan fingerprint density at radius 3 is 2.18 bits per heavy atom. The van der Waals surface area contributed by atoms with Crippen molar-refractivity contribution in [2.24, 2.45) is 0 Å². The molecular formula is C6H7BClNaO2. The van der Waals surface area contributed by atoms with Gasteiger partial charge in [0, 0.05) is 10.5 Å². The molecule has 0 saturated carbocycles. The van der Waals surface area contributed by atoms with Crippen LogP contribution in [0.25, 0.3) is 0 Å². The molecule has 2 nitrogen and oxygen atoms in total. The summed E-state index contributed by atoms with van der Waals surface area (Å²) in [5.41, 5.74) is 0.337. The molecule has 0 atom stereocenters. The average molecular weight is 180 g/mol. The van der Waals surface area contributed by atoms with Crippen molar-refractivity contribution in [3.8, 4) is 0 Å². The molecule has 0 aliphatic heterocycles. The summed E-state index contributed by atoms with van der Waals surface area (Å²) >= 11 is 5.60. The molecule has 5 heteroatoms. The summed E-state index contributed by atoms with van der Waals surface area (Å²) in [5.74, 6) is 0. The van der Waals surface area contributed by atoms with Gasteiger partial charge in [-0.15, -0.1) is 0 Å². The van der Waals surface area contributed by atoms with Gasteiger partial charge in [-0.25, -0.2) is 0 Å². The van der Waals surface area contributed by atoms with Crippen LogP contribution in [0.1, 0.15) is 1.43 Å². The molecule has 0 amide bonds. The van der Waals surface area contributed by atoms with Crippen molar-refractivity contribution in [3.05, 3.63) is 29.3 Å². The van der Waals surface area contributed by atoms with Crippen LogP contribution in [0.2, 0.25) is 5.02 Å². The van der Waals surface area contributed by atoms with Crippen molar-refractivity contribution >= 4 is 24.2 Å². The van der Waals surface area contributed by atoms with Gasteiger partial charge in [-0.1, -0.05) is 29.8 Å². The molecule has 1 rings (SSSR count). The molecule has 54 valence electrons. The quantitative estimate of drug-likeness (QED) is 0.456. The maximum atomic E-state index is 8.68. The number of hydrogen-bond donors (Lipinski definition) is 2. The van der Waals surface area contributed by atoms with Crippen LogP contribution in [0.3, 0.4) is 0 Å². The first-order chi connectivity index (χ1) is 4.72. The van der Waals surface area contributed by atoms with Gasteiger partial charge in [0.05, 0.1) is 0 Å². The van der Waals surface area contributed by atoms with Crippen LogP contribution in [0.5, 0.6) is 0 Å². The number of rotatable bonds is 1. The third-order valence-electron chi connectivity index (χ3n) is 1.18. The third kappa shape index (κ3) is 3.15. The minimum Gasteiger partial charge on any atom is -1.00 e. The molecule has 0 bridgehead atoms. The second-order valence-corrected chi connectivity index (χ2v) is 2.30. The molecule has 0 fully saturated rings. The molecule has 0 aliphatic carbocycles. The van der Waals surface area contributed by atoms with E-state index >= 15 is 0 Å². The molecule has 1 aromatic carbocycles. The van der Waals surface area contributed by atoms with Gasteiger partial charge in [-0.3, -0.25) is 0 Å². The number of halogens is 1. The Labute approximate surface area is 94.1 Å². The van der Waals surface area contributed by atoms with E-state index in [-0.39, 0.29) is 31.0 Å². The maximum Gasteiger partial charge on any atom is 1.00 e. The van der Waals surface area contributed by atoms with Crippen molar-refractivity contribution in [1.29, 1.82) is 0 Å². The Morgan fingerprint density at radius 1 is 1.27 bits per heavy atom. The third-order valence-corrected chi connectivity index (χ3v) is 1.53. The van der Waals surface area contributed by atoms with E-state index in [1.54, 1.807) is 24.3 Å². The first-order valence-electron chi connectivity index (χ1n) is 2.82. The van der Waals surface area contributed by atoms with E-state index in [0.717, 1.165) is 0 Å². The van der Waals surface area contributed by atoms with Gasteiger partial charge in [0.1, 0.15) is 0 Å². The van der Waals surface area contributed by atoms with Crippen LogP contribution in [0.4, 0.5) is 0 Å². The SMILES string of the molecule is OB(O)c1ccccc1Cl.[H-].[Na+]. The second-order valence-electron chi connectivity index (χ2n) is 1.90. The van der Waals surface area contributed by atoms with Crippen molar-refractivity contribution in [2.75, 3.05) is 0 Å². The Bertz CT molecular complexity index is 237. The van der Waals surface area contributed by atoms with Gasteiger partial charge in [0.2, 0.25) is 0 Å². The van der Waals surface area contributed by atoms with Crippen molar-refractivity contribution in [2.45, 2.75) is 0 Å². The summed E-state index contributed by atoms with van der Waals surface area (Å²) in [6.07, 6.45) is 0. The molecule has 11 heavy (non-hydrogen) atoms. The Kier molecular flexibility index (Phi) is 5.43. The summed E-state index contributed by atoms with van der Waals surface area (Å²) < 4.78 is 0. The Morgan fingerprint density at radius 2 is 1.82 bits per heavy atom. The molecule has 0 saturated heterocycles. The monoisotopic (exact) mass is 180 g/mol. The van der Waals surface area contributed by atoms with Gasteiger partial charge in [-0.2, -0.15) is 0 Å². The van der Waals surface area contributed by atoms with E-state index in [9.17, 15) is 0 Å². The summed E-state index contributed by atoms with van der Waals surface area (Å²) in [4.78, 5) is 0. The summed E-state index contributed by atoms with van der Waals surface area (Å²) in [7, 11) is -1.48. The second kappa shape index (κ2) is 5.20. The average Bonchev–Trinajstić information content (AvgIpc) is 1.88. The molecule has 0 aromatic heterocycles.